The lowest BCUT2D eigenvalue weighted by Gasteiger charge is -2.29. The molecule has 0 aromatic carbocycles. The SMILES string of the molecule is NOC1CCN(Cc2ccco2)CC1. The van der Waals surface area contributed by atoms with Crippen molar-refractivity contribution in [2.24, 2.45) is 5.90 Å². The number of hydrogen-bond acceptors (Lipinski definition) is 4. The predicted octanol–water partition coefficient (Wildman–Crippen LogP) is 1.13. The minimum absolute atomic E-state index is 0.239. The van der Waals surface area contributed by atoms with E-state index in [1.807, 2.05) is 12.1 Å². The molecule has 2 N–H and O–H groups in total. The first-order valence-corrected chi connectivity index (χ1v) is 4.99. The summed E-state index contributed by atoms with van der Waals surface area (Å²) in [6.07, 6.45) is 3.97. The summed E-state index contributed by atoms with van der Waals surface area (Å²) in [5.74, 6) is 6.17. The maximum atomic E-state index is 5.29. The van der Waals surface area contributed by atoms with Crippen molar-refractivity contribution in [1.82, 2.24) is 4.90 Å². The number of hydrogen-bond donors (Lipinski definition) is 1. The second-order valence-corrected chi connectivity index (χ2v) is 3.69. The quantitative estimate of drug-likeness (QED) is 0.736. The van der Waals surface area contributed by atoms with Gasteiger partial charge >= 0.3 is 0 Å². The Kier molecular flexibility index (Phi) is 3.18. The van der Waals surface area contributed by atoms with Crippen LogP contribution >= 0.6 is 0 Å². The van der Waals surface area contributed by atoms with E-state index in [1.165, 1.54) is 0 Å². The lowest BCUT2D eigenvalue weighted by Crippen LogP contribution is -2.37. The first-order chi connectivity index (χ1) is 6.88. The van der Waals surface area contributed by atoms with Crippen molar-refractivity contribution in [2.45, 2.75) is 25.5 Å². The second-order valence-electron chi connectivity index (χ2n) is 3.69. The minimum Gasteiger partial charge on any atom is -0.468 e. The number of likely N-dealkylation sites (tertiary alicyclic amines) is 1. The predicted molar refractivity (Wildman–Crippen MR) is 52.3 cm³/mol. The molecule has 2 heterocycles. The molecular weight excluding hydrogens is 180 g/mol. The van der Waals surface area contributed by atoms with E-state index >= 15 is 0 Å². The number of nitrogens with zero attached hydrogens (tertiary/aromatic N) is 1. The topological polar surface area (TPSA) is 51.6 Å². The van der Waals surface area contributed by atoms with Crippen LogP contribution in [0.3, 0.4) is 0 Å². The van der Waals surface area contributed by atoms with E-state index in [-0.39, 0.29) is 6.10 Å². The van der Waals surface area contributed by atoms with Gasteiger partial charge in [-0.2, -0.15) is 0 Å². The second kappa shape index (κ2) is 4.59. The summed E-state index contributed by atoms with van der Waals surface area (Å²) in [5.41, 5.74) is 0. The van der Waals surface area contributed by atoms with Crippen molar-refractivity contribution in [3.05, 3.63) is 24.2 Å². The third-order valence-electron chi connectivity index (χ3n) is 2.69. The maximum absolute atomic E-state index is 5.29. The third-order valence-corrected chi connectivity index (χ3v) is 2.69. The molecule has 14 heavy (non-hydrogen) atoms. The van der Waals surface area contributed by atoms with Crippen LogP contribution in [0.2, 0.25) is 0 Å². The summed E-state index contributed by atoms with van der Waals surface area (Å²) in [7, 11) is 0. The van der Waals surface area contributed by atoms with Crippen LogP contribution < -0.4 is 5.90 Å². The normalized spacial score (nSPS) is 20.1. The molecule has 2 rings (SSSR count). The van der Waals surface area contributed by atoms with Gasteiger partial charge in [0.25, 0.3) is 0 Å². The largest absolute Gasteiger partial charge is 0.468 e. The van der Waals surface area contributed by atoms with Crippen LogP contribution in [0.25, 0.3) is 0 Å². The van der Waals surface area contributed by atoms with Crippen LogP contribution in [0.4, 0.5) is 0 Å². The van der Waals surface area contributed by atoms with Gasteiger partial charge in [-0.1, -0.05) is 0 Å². The fourth-order valence-corrected chi connectivity index (χ4v) is 1.83. The van der Waals surface area contributed by atoms with E-state index in [0.29, 0.717) is 0 Å². The zero-order valence-electron chi connectivity index (χ0n) is 8.19. The van der Waals surface area contributed by atoms with Gasteiger partial charge in [0.1, 0.15) is 5.76 Å². The molecule has 1 aliphatic heterocycles. The van der Waals surface area contributed by atoms with Crippen molar-refractivity contribution in [1.29, 1.82) is 0 Å². The van der Waals surface area contributed by atoms with Gasteiger partial charge in [0.05, 0.1) is 18.9 Å². The zero-order chi connectivity index (χ0) is 9.80. The summed E-state index contributed by atoms with van der Waals surface area (Å²) in [6, 6.07) is 3.93. The molecule has 1 saturated heterocycles. The average Bonchev–Trinajstić information content (AvgIpc) is 2.72. The highest BCUT2D eigenvalue weighted by Gasteiger charge is 2.19. The molecule has 1 aliphatic rings. The van der Waals surface area contributed by atoms with Crippen molar-refractivity contribution in [3.63, 3.8) is 0 Å². The molecule has 0 radical (unpaired) electrons. The Morgan fingerprint density at radius 1 is 1.50 bits per heavy atom. The van der Waals surface area contributed by atoms with Crippen LogP contribution in [0.1, 0.15) is 18.6 Å². The molecular formula is C10H16N2O2. The van der Waals surface area contributed by atoms with Gasteiger partial charge in [0, 0.05) is 13.1 Å². The van der Waals surface area contributed by atoms with Crippen LogP contribution in [-0.2, 0) is 11.4 Å². The van der Waals surface area contributed by atoms with Crippen LogP contribution in [0.5, 0.6) is 0 Å². The number of piperidine rings is 1. The molecule has 4 nitrogen and oxygen atoms in total. The van der Waals surface area contributed by atoms with Crippen molar-refractivity contribution < 1.29 is 9.25 Å². The van der Waals surface area contributed by atoms with Crippen molar-refractivity contribution in [3.8, 4) is 0 Å². The van der Waals surface area contributed by atoms with E-state index in [2.05, 4.69) is 4.90 Å². The summed E-state index contributed by atoms with van der Waals surface area (Å²) in [5, 5.41) is 0. The van der Waals surface area contributed by atoms with E-state index < -0.39 is 0 Å². The number of furan rings is 1. The van der Waals surface area contributed by atoms with Gasteiger partial charge < -0.3 is 9.25 Å². The van der Waals surface area contributed by atoms with Crippen LogP contribution in [0.15, 0.2) is 22.8 Å². The summed E-state index contributed by atoms with van der Waals surface area (Å²) in [4.78, 5) is 7.18. The fourth-order valence-electron chi connectivity index (χ4n) is 1.83. The zero-order valence-corrected chi connectivity index (χ0v) is 8.19. The third kappa shape index (κ3) is 2.35. The Balaban J connectivity index is 1.79. The highest BCUT2D eigenvalue weighted by Crippen LogP contribution is 2.15. The molecule has 0 saturated carbocycles. The highest BCUT2D eigenvalue weighted by molar-refractivity contribution is 4.98. The monoisotopic (exact) mass is 196 g/mol. The summed E-state index contributed by atoms with van der Waals surface area (Å²) < 4.78 is 5.29. The van der Waals surface area contributed by atoms with E-state index in [0.717, 1.165) is 38.2 Å². The standard InChI is InChI=1S/C10H16N2O2/c11-14-9-3-5-12(6-4-9)8-10-2-1-7-13-10/h1-2,7,9H,3-6,8,11H2. The Morgan fingerprint density at radius 2 is 2.29 bits per heavy atom. The number of rotatable bonds is 3. The highest BCUT2D eigenvalue weighted by atomic mass is 16.6. The summed E-state index contributed by atoms with van der Waals surface area (Å²) in [6.45, 7) is 2.95. The molecule has 0 atom stereocenters. The van der Waals surface area contributed by atoms with Gasteiger partial charge in [-0.05, 0) is 25.0 Å². The van der Waals surface area contributed by atoms with Crippen molar-refractivity contribution in [2.75, 3.05) is 13.1 Å². The van der Waals surface area contributed by atoms with E-state index in [9.17, 15) is 0 Å². The molecule has 0 spiro atoms. The smallest absolute Gasteiger partial charge is 0.117 e. The molecule has 78 valence electrons. The molecule has 1 fully saturated rings. The first kappa shape index (κ1) is 9.71. The Bertz CT molecular complexity index is 253. The van der Waals surface area contributed by atoms with Crippen LogP contribution in [-0.4, -0.2) is 24.1 Å². The molecule has 1 aromatic rings. The van der Waals surface area contributed by atoms with Gasteiger partial charge in [0.2, 0.25) is 0 Å². The van der Waals surface area contributed by atoms with Gasteiger partial charge in [-0.3, -0.25) is 4.90 Å². The molecule has 1 aromatic heterocycles. The molecule has 0 unspecified atom stereocenters. The lowest BCUT2D eigenvalue weighted by molar-refractivity contribution is 0.00375. The average molecular weight is 196 g/mol. The summed E-state index contributed by atoms with van der Waals surface area (Å²) >= 11 is 0. The van der Waals surface area contributed by atoms with Gasteiger partial charge in [0.15, 0.2) is 0 Å². The Morgan fingerprint density at radius 3 is 2.86 bits per heavy atom. The van der Waals surface area contributed by atoms with E-state index in [4.69, 9.17) is 15.2 Å². The Hall–Kier alpha value is -0.840. The van der Waals surface area contributed by atoms with Crippen LogP contribution in [0, 0.1) is 0 Å². The fraction of sp³-hybridized carbons (Fsp3) is 0.600. The molecule has 0 bridgehead atoms. The van der Waals surface area contributed by atoms with Gasteiger partial charge in [-0.25, -0.2) is 5.90 Å². The maximum Gasteiger partial charge on any atom is 0.117 e. The van der Waals surface area contributed by atoms with Gasteiger partial charge in [-0.15, -0.1) is 0 Å². The number of nitrogens with two attached hydrogens (primary N) is 1. The molecule has 0 amide bonds. The van der Waals surface area contributed by atoms with E-state index in [1.54, 1.807) is 6.26 Å². The molecule has 4 heteroatoms. The Labute approximate surface area is 83.6 Å². The van der Waals surface area contributed by atoms with Crippen molar-refractivity contribution >= 4 is 0 Å². The lowest BCUT2D eigenvalue weighted by atomic mass is 10.1. The minimum atomic E-state index is 0.239. The first-order valence-electron chi connectivity index (χ1n) is 4.99. The molecule has 0 aliphatic carbocycles.